The summed E-state index contributed by atoms with van der Waals surface area (Å²) in [5, 5.41) is 4.33. The smallest absolute Gasteiger partial charge is 0.205 e. The highest BCUT2D eigenvalue weighted by Gasteiger charge is 2.20. The Morgan fingerprint density at radius 2 is 2.19 bits per heavy atom. The largest absolute Gasteiger partial charge is 0.347 e. The first-order valence-electron chi connectivity index (χ1n) is 5.99. The number of nitrogens with one attached hydrogen (secondary N) is 1. The number of piperidine rings is 1. The van der Waals surface area contributed by atoms with Crippen molar-refractivity contribution < 1.29 is 0 Å². The van der Waals surface area contributed by atoms with Crippen molar-refractivity contribution >= 4 is 16.7 Å². The lowest BCUT2D eigenvalue weighted by molar-refractivity contribution is 0.378. The zero-order chi connectivity index (χ0) is 11.4. The molecule has 16 heavy (non-hydrogen) atoms. The fourth-order valence-corrected chi connectivity index (χ4v) is 2.90. The lowest BCUT2D eigenvalue weighted by Gasteiger charge is -2.31. The van der Waals surface area contributed by atoms with Gasteiger partial charge in [0, 0.05) is 24.6 Å². The second kappa shape index (κ2) is 5.59. The molecule has 2 rings (SSSR count). The average Bonchev–Trinajstić information content (AvgIpc) is 2.74. The molecule has 1 N–H and O–H groups in total. The van der Waals surface area contributed by atoms with E-state index in [0.717, 1.165) is 36.5 Å². The van der Waals surface area contributed by atoms with E-state index in [0.29, 0.717) is 0 Å². The van der Waals surface area contributed by atoms with Gasteiger partial charge in [-0.3, -0.25) is 0 Å². The lowest BCUT2D eigenvalue weighted by Crippen LogP contribution is -2.34. The molecule has 1 aromatic heterocycles. The molecule has 2 heterocycles. The van der Waals surface area contributed by atoms with Crippen LogP contribution in [0.3, 0.4) is 0 Å². The third kappa shape index (κ3) is 2.92. The van der Waals surface area contributed by atoms with Gasteiger partial charge < -0.3 is 10.2 Å². The fourth-order valence-electron chi connectivity index (χ4n) is 2.18. The van der Waals surface area contributed by atoms with Crippen LogP contribution < -0.4 is 10.2 Å². The summed E-state index contributed by atoms with van der Waals surface area (Å²) >= 11 is 1.53. The van der Waals surface area contributed by atoms with Crippen molar-refractivity contribution in [1.29, 1.82) is 0 Å². The molecule has 0 unspecified atom stereocenters. The molecule has 4 nitrogen and oxygen atoms in total. The van der Waals surface area contributed by atoms with Gasteiger partial charge in [0.05, 0.1) is 0 Å². The third-order valence-electron chi connectivity index (χ3n) is 3.20. The highest BCUT2D eigenvalue weighted by atomic mass is 32.1. The predicted molar refractivity (Wildman–Crippen MR) is 68.1 cm³/mol. The maximum atomic E-state index is 4.44. The Hall–Kier alpha value is -0.680. The molecule has 0 amide bonds. The van der Waals surface area contributed by atoms with Crippen LogP contribution in [0, 0.1) is 12.8 Å². The van der Waals surface area contributed by atoms with Gasteiger partial charge in [-0.15, -0.1) is 0 Å². The number of anilines is 1. The van der Waals surface area contributed by atoms with E-state index >= 15 is 0 Å². The quantitative estimate of drug-likeness (QED) is 0.869. The number of aromatic nitrogens is 2. The summed E-state index contributed by atoms with van der Waals surface area (Å²) in [5.74, 6) is 1.79. The van der Waals surface area contributed by atoms with Crippen molar-refractivity contribution in [3.8, 4) is 0 Å². The molecule has 1 fully saturated rings. The zero-order valence-corrected chi connectivity index (χ0v) is 10.9. The highest BCUT2D eigenvalue weighted by molar-refractivity contribution is 7.09. The van der Waals surface area contributed by atoms with Crippen LogP contribution in [0.4, 0.5) is 5.13 Å². The van der Waals surface area contributed by atoms with E-state index in [1.54, 1.807) is 0 Å². The summed E-state index contributed by atoms with van der Waals surface area (Å²) in [6.07, 6.45) is 3.89. The molecule has 0 saturated carbocycles. The molecule has 0 spiro atoms. The first-order valence-corrected chi connectivity index (χ1v) is 6.77. The Bertz CT molecular complexity index is 318. The van der Waals surface area contributed by atoms with Crippen molar-refractivity contribution in [3.63, 3.8) is 0 Å². The summed E-state index contributed by atoms with van der Waals surface area (Å²) in [4.78, 5) is 6.82. The van der Waals surface area contributed by atoms with Crippen LogP contribution in [0.25, 0.3) is 0 Å². The van der Waals surface area contributed by atoms with E-state index in [2.05, 4.69) is 19.6 Å². The van der Waals surface area contributed by atoms with Crippen molar-refractivity contribution in [1.82, 2.24) is 14.7 Å². The summed E-state index contributed by atoms with van der Waals surface area (Å²) < 4.78 is 4.24. The number of aryl methyl sites for hydroxylation is 1. The highest BCUT2D eigenvalue weighted by Crippen LogP contribution is 2.25. The summed E-state index contributed by atoms with van der Waals surface area (Å²) in [5.41, 5.74) is 0. The first kappa shape index (κ1) is 11.8. The Labute approximate surface area is 101 Å². The predicted octanol–water partition coefficient (Wildman–Crippen LogP) is 1.67. The van der Waals surface area contributed by atoms with Gasteiger partial charge in [-0.2, -0.15) is 4.37 Å². The number of nitrogens with zero attached hydrogens (tertiary/aromatic N) is 3. The average molecular weight is 240 g/mol. The van der Waals surface area contributed by atoms with Gasteiger partial charge in [0.15, 0.2) is 0 Å². The van der Waals surface area contributed by atoms with E-state index in [9.17, 15) is 0 Å². The molecule has 1 aromatic rings. The van der Waals surface area contributed by atoms with Gasteiger partial charge in [-0.1, -0.05) is 0 Å². The summed E-state index contributed by atoms with van der Waals surface area (Å²) in [6, 6.07) is 0. The van der Waals surface area contributed by atoms with Crippen LogP contribution in [0.5, 0.6) is 0 Å². The van der Waals surface area contributed by atoms with Crippen LogP contribution in [-0.4, -0.2) is 36.0 Å². The zero-order valence-electron chi connectivity index (χ0n) is 10.1. The molecule has 0 radical (unpaired) electrons. The Kier molecular flexibility index (Phi) is 4.12. The number of rotatable bonds is 4. The molecule has 0 atom stereocenters. The molecule has 1 aliphatic rings. The van der Waals surface area contributed by atoms with E-state index in [-0.39, 0.29) is 0 Å². The molecular weight excluding hydrogens is 220 g/mol. The third-order valence-corrected chi connectivity index (χ3v) is 4.07. The minimum atomic E-state index is 0.887. The Balaban J connectivity index is 1.81. The van der Waals surface area contributed by atoms with Crippen LogP contribution in [0.2, 0.25) is 0 Å². The molecule has 0 bridgehead atoms. The molecule has 5 heteroatoms. The fraction of sp³-hybridized carbons (Fsp3) is 0.818. The molecule has 1 aliphatic heterocycles. The Morgan fingerprint density at radius 3 is 2.75 bits per heavy atom. The van der Waals surface area contributed by atoms with Gasteiger partial charge in [0.1, 0.15) is 5.82 Å². The van der Waals surface area contributed by atoms with Gasteiger partial charge in [0.25, 0.3) is 0 Å². The van der Waals surface area contributed by atoms with E-state index in [1.165, 1.54) is 30.8 Å². The minimum Gasteiger partial charge on any atom is -0.347 e. The van der Waals surface area contributed by atoms with E-state index < -0.39 is 0 Å². The molecular formula is C11H20N4S. The van der Waals surface area contributed by atoms with Crippen molar-refractivity contribution in [2.75, 3.05) is 31.6 Å². The van der Waals surface area contributed by atoms with Crippen molar-refractivity contribution in [2.45, 2.75) is 26.2 Å². The molecule has 1 saturated heterocycles. The lowest BCUT2D eigenvalue weighted by atomic mass is 9.94. The monoisotopic (exact) mass is 240 g/mol. The van der Waals surface area contributed by atoms with Gasteiger partial charge in [-0.05, 0) is 45.7 Å². The van der Waals surface area contributed by atoms with Gasteiger partial charge >= 0.3 is 0 Å². The van der Waals surface area contributed by atoms with Crippen molar-refractivity contribution in [2.24, 2.45) is 5.92 Å². The standard InChI is InChI=1S/C11H20N4S/c1-9-13-11(16-14-9)15-7-4-10(5-8-15)3-6-12-2/h10,12H,3-8H2,1-2H3. The summed E-state index contributed by atoms with van der Waals surface area (Å²) in [6.45, 7) is 5.38. The van der Waals surface area contributed by atoms with Crippen LogP contribution in [0.15, 0.2) is 0 Å². The maximum Gasteiger partial charge on any atom is 0.205 e. The van der Waals surface area contributed by atoms with Gasteiger partial charge in [-0.25, -0.2) is 4.98 Å². The van der Waals surface area contributed by atoms with E-state index in [4.69, 9.17) is 0 Å². The first-order chi connectivity index (χ1) is 7.79. The van der Waals surface area contributed by atoms with Crippen LogP contribution >= 0.6 is 11.5 Å². The van der Waals surface area contributed by atoms with Crippen LogP contribution in [-0.2, 0) is 0 Å². The van der Waals surface area contributed by atoms with Crippen molar-refractivity contribution in [3.05, 3.63) is 5.82 Å². The second-order valence-electron chi connectivity index (χ2n) is 4.45. The topological polar surface area (TPSA) is 41.0 Å². The minimum absolute atomic E-state index is 0.887. The number of hydrogen-bond donors (Lipinski definition) is 1. The SMILES string of the molecule is CNCCC1CCN(c2nc(C)ns2)CC1. The van der Waals surface area contributed by atoms with Gasteiger partial charge in [0.2, 0.25) is 5.13 Å². The number of hydrogen-bond acceptors (Lipinski definition) is 5. The normalized spacial score (nSPS) is 18.0. The molecule has 90 valence electrons. The molecule has 0 aromatic carbocycles. The van der Waals surface area contributed by atoms with Crippen LogP contribution in [0.1, 0.15) is 25.1 Å². The van der Waals surface area contributed by atoms with E-state index in [1.807, 2.05) is 14.0 Å². The molecule has 0 aliphatic carbocycles. The summed E-state index contributed by atoms with van der Waals surface area (Å²) in [7, 11) is 2.03. The maximum absolute atomic E-state index is 4.44. The second-order valence-corrected chi connectivity index (χ2v) is 5.18. The Morgan fingerprint density at radius 1 is 1.44 bits per heavy atom.